The maximum atomic E-state index is 12.3. The maximum Gasteiger partial charge on any atom is 0.341 e. The van der Waals surface area contributed by atoms with Crippen LogP contribution in [0.5, 0.6) is 0 Å². The van der Waals surface area contributed by atoms with Crippen molar-refractivity contribution >= 4 is 28.2 Å². The van der Waals surface area contributed by atoms with Crippen LogP contribution in [0.2, 0.25) is 0 Å². The van der Waals surface area contributed by atoms with E-state index in [1.807, 2.05) is 6.07 Å². The molecule has 0 unspecified atom stereocenters. The number of furan rings is 1. The van der Waals surface area contributed by atoms with Gasteiger partial charge in [-0.25, -0.2) is 4.79 Å². The molecule has 0 radical (unpaired) electrons. The smallest absolute Gasteiger partial charge is 0.341 e. The Hall–Kier alpha value is -2.08. The molecular weight excluding hydrogens is 338 g/mol. The van der Waals surface area contributed by atoms with Crippen LogP contribution in [-0.4, -0.2) is 18.5 Å². The lowest BCUT2D eigenvalue weighted by atomic mass is 9.85. The molecule has 0 saturated carbocycles. The van der Waals surface area contributed by atoms with Crippen molar-refractivity contribution in [3.8, 4) is 0 Å². The fourth-order valence-corrected chi connectivity index (χ4v) is 3.79. The Labute approximate surface area is 152 Å². The minimum atomic E-state index is -0.428. The summed E-state index contributed by atoms with van der Waals surface area (Å²) in [4.78, 5) is 25.6. The molecule has 136 valence electrons. The summed E-state index contributed by atoms with van der Waals surface area (Å²) in [5, 5.41) is 3.27. The first-order valence-electron chi connectivity index (χ1n) is 8.37. The summed E-state index contributed by atoms with van der Waals surface area (Å²) in [6.07, 6.45) is 2.41. The average molecular weight is 363 g/mol. The van der Waals surface area contributed by atoms with Crippen LogP contribution < -0.4 is 5.32 Å². The highest BCUT2D eigenvalue weighted by Gasteiger charge is 2.24. The van der Waals surface area contributed by atoms with Crippen LogP contribution in [0.15, 0.2) is 28.9 Å². The van der Waals surface area contributed by atoms with Crippen LogP contribution in [0.3, 0.4) is 0 Å². The third-order valence-electron chi connectivity index (χ3n) is 3.62. The molecule has 1 N–H and O–H groups in total. The van der Waals surface area contributed by atoms with E-state index >= 15 is 0 Å². The Morgan fingerprint density at radius 2 is 2.08 bits per heavy atom. The molecule has 0 saturated heterocycles. The molecule has 0 aliphatic heterocycles. The van der Waals surface area contributed by atoms with E-state index < -0.39 is 5.97 Å². The number of anilines is 1. The predicted molar refractivity (Wildman–Crippen MR) is 99.4 cm³/mol. The van der Waals surface area contributed by atoms with E-state index in [4.69, 9.17) is 9.15 Å². The minimum absolute atomic E-state index is 0.172. The second-order valence-corrected chi connectivity index (χ2v) is 8.29. The van der Waals surface area contributed by atoms with Gasteiger partial charge in [-0.2, -0.15) is 0 Å². The monoisotopic (exact) mass is 363 g/mol. The molecule has 0 aliphatic carbocycles. The Balaban J connectivity index is 2.29. The highest BCUT2D eigenvalue weighted by molar-refractivity contribution is 7.16. The van der Waals surface area contributed by atoms with E-state index in [2.05, 4.69) is 33.0 Å². The third-order valence-corrected chi connectivity index (χ3v) is 4.90. The van der Waals surface area contributed by atoms with Gasteiger partial charge in [0.2, 0.25) is 0 Å². The van der Waals surface area contributed by atoms with Gasteiger partial charge in [-0.05, 0) is 42.9 Å². The SMILES string of the molecule is CCOC(=O)c1cc([C@H](C)CC(C)(C)C)sc1NC(=O)c1ccco1. The zero-order valence-corrected chi connectivity index (χ0v) is 16.2. The van der Waals surface area contributed by atoms with Crippen molar-refractivity contribution in [3.63, 3.8) is 0 Å². The van der Waals surface area contributed by atoms with E-state index in [1.165, 1.54) is 17.6 Å². The molecular formula is C19H25NO4S. The Bertz CT molecular complexity index is 725. The summed E-state index contributed by atoms with van der Waals surface area (Å²) in [6, 6.07) is 5.05. The first-order valence-corrected chi connectivity index (χ1v) is 9.18. The predicted octanol–water partition coefficient (Wildman–Crippen LogP) is 5.31. The summed E-state index contributed by atoms with van der Waals surface area (Å²) in [5.74, 6) is -0.338. The highest BCUT2D eigenvalue weighted by Crippen LogP contribution is 2.38. The van der Waals surface area contributed by atoms with Crippen LogP contribution >= 0.6 is 11.3 Å². The van der Waals surface area contributed by atoms with Gasteiger partial charge in [0.25, 0.3) is 5.91 Å². The van der Waals surface area contributed by atoms with Gasteiger partial charge in [0.15, 0.2) is 5.76 Å². The van der Waals surface area contributed by atoms with Crippen molar-refractivity contribution in [1.29, 1.82) is 0 Å². The molecule has 2 heterocycles. The molecule has 0 aliphatic rings. The van der Waals surface area contributed by atoms with Crippen LogP contribution in [0.25, 0.3) is 0 Å². The lowest BCUT2D eigenvalue weighted by Crippen LogP contribution is -2.13. The minimum Gasteiger partial charge on any atom is -0.462 e. The zero-order valence-electron chi connectivity index (χ0n) is 15.3. The molecule has 1 atom stereocenters. The lowest BCUT2D eigenvalue weighted by Gasteiger charge is -2.22. The number of amides is 1. The van der Waals surface area contributed by atoms with Gasteiger partial charge in [-0.1, -0.05) is 27.7 Å². The van der Waals surface area contributed by atoms with Gasteiger partial charge in [0, 0.05) is 4.88 Å². The average Bonchev–Trinajstić information content (AvgIpc) is 3.15. The topological polar surface area (TPSA) is 68.5 Å². The second-order valence-electron chi connectivity index (χ2n) is 7.21. The summed E-state index contributed by atoms with van der Waals surface area (Å²) in [6.45, 7) is 10.7. The van der Waals surface area contributed by atoms with Gasteiger partial charge in [0.05, 0.1) is 18.4 Å². The van der Waals surface area contributed by atoms with Crippen molar-refractivity contribution in [2.75, 3.05) is 11.9 Å². The number of carbonyl (C=O) groups excluding carboxylic acids is 2. The molecule has 2 aromatic rings. The van der Waals surface area contributed by atoms with Crippen LogP contribution in [0.4, 0.5) is 5.00 Å². The largest absolute Gasteiger partial charge is 0.462 e. The number of hydrogen-bond acceptors (Lipinski definition) is 5. The Morgan fingerprint density at radius 3 is 2.64 bits per heavy atom. The molecule has 6 heteroatoms. The van der Waals surface area contributed by atoms with Gasteiger partial charge < -0.3 is 14.5 Å². The van der Waals surface area contributed by atoms with E-state index in [0.717, 1.165) is 11.3 Å². The lowest BCUT2D eigenvalue weighted by molar-refractivity contribution is 0.0528. The fraction of sp³-hybridized carbons (Fsp3) is 0.474. The van der Waals surface area contributed by atoms with E-state index in [9.17, 15) is 9.59 Å². The molecule has 2 aromatic heterocycles. The van der Waals surface area contributed by atoms with Crippen molar-refractivity contribution < 1.29 is 18.7 Å². The molecule has 0 spiro atoms. The molecule has 0 fully saturated rings. The summed E-state index contributed by atoms with van der Waals surface area (Å²) in [7, 11) is 0. The van der Waals surface area contributed by atoms with E-state index in [-0.39, 0.29) is 29.6 Å². The normalized spacial score (nSPS) is 12.7. The number of thiophene rings is 1. The van der Waals surface area contributed by atoms with Crippen LogP contribution in [-0.2, 0) is 4.74 Å². The number of hydrogen-bond donors (Lipinski definition) is 1. The second kappa shape index (κ2) is 7.87. The van der Waals surface area contributed by atoms with Crippen molar-refractivity contribution in [2.45, 2.75) is 47.0 Å². The highest BCUT2D eigenvalue weighted by atomic mass is 32.1. The molecule has 25 heavy (non-hydrogen) atoms. The summed E-state index contributed by atoms with van der Waals surface area (Å²) < 4.78 is 10.2. The standard InChI is InChI=1S/C19H25NO4S/c1-6-23-18(22)13-10-15(12(2)11-19(3,4)5)25-17(13)20-16(21)14-8-7-9-24-14/h7-10,12H,6,11H2,1-5H3,(H,20,21)/t12-/m1/s1. The first-order chi connectivity index (χ1) is 11.7. The number of rotatable bonds is 6. The Morgan fingerprint density at radius 1 is 1.36 bits per heavy atom. The fourth-order valence-electron chi connectivity index (χ4n) is 2.70. The van der Waals surface area contributed by atoms with Crippen molar-refractivity contribution in [3.05, 3.63) is 40.7 Å². The molecule has 2 rings (SSSR count). The van der Waals surface area contributed by atoms with E-state index in [0.29, 0.717) is 10.6 Å². The maximum absolute atomic E-state index is 12.3. The summed E-state index contributed by atoms with van der Waals surface area (Å²) in [5.41, 5.74) is 0.563. The van der Waals surface area contributed by atoms with Gasteiger partial charge in [-0.15, -0.1) is 11.3 Å². The summed E-state index contributed by atoms with van der Waals surface area (Å²) >= 11 is 1.41. The van der Waals surface area contributed by atoms with Gasteiger partial charge in [-0.3, -0.25) is 4.79 Å². The first kappa shape index (κ1) is 19.2. The van der Waals surface area contributed by atoms with E-state index in [1.54, 1.807) is 19.1 Å². The molecule has 0 aromatic carbocycles. The molecule has 0 bridgehead atoms. The third kappa shape index (κ3) is 5.19. The Kier molecular flexibility index (Phi) is 6.06. The number of nitrogens with one attached hydrogen (secondary N) is 1. The van der Waals surface area contributed by atoms with Gasteiger partial charge >= 0.3 is 5.97 Å². The van der Waals surface area contributed by atoms with Crippen LogP contribution in [0.1, 0.15) is 72.7 Å². The van der Waals surface area contributed by atoms with Crippen LogP contribution in [0, 0.1) is 5.41 Å². The van der Waals surface area contributed by atoms with Crippen molar-refractivity contribution in [1.82, 2.24) is 0 Å². The quantitative estimate of drug-likeness (QED) is 0.706. The zero-order chi connectivity index (χ0) is 18.6. The number of ether oxygens (including phenoxy) is 1. The van der Waals surface area contributed by atoms with Gasteiger partial charge in [0.1, 0.15) is 5.00 Å². The number of carbonyl (C=O) groups is 2. The van der Waals surface area contributed by atoms with Crippen molar-refractivity contribution in [2.24, 2.45) is 5.41 Å². The molecule has 1 amide bonds. The number of esters is 1. The molecule has 5 nitrogen and oxygen atoms in total.